The fraction of sp³-hybridized carbons (Fsp3) is 0. The summed E-state index contributed by atoms with van der Waals surface area (Å²) < 4.78 is 5.64. The Labute approximate surface area is 104 Å². The molecular formula is C13H10ClNO2. The fourth-order valence-electron chi connectivity index (χ4n) is 1.38. The minimum atomic E-state index is 0.522. The lowest BCUT2D eigenvalue weighted by atomic mass is 10.3. The molecule has 4 heteroatoms. The third-order valence-corrected chi connectivity index (χ3v) is 2.47. The molecule has 0 bridgehead atoms. The number of carbonyl (C=O) groups is 1. The number of halogens is 1. The molecule has 0 atom stereocenters. The highest BCUT2D eigenvalue weighted by molar-refractivity contribution is 6.32. The van der Waals surface area contributed by atoms with E-state index in [0.717, 1.165) is 0 Å². The molecule has 0 saturated carbocycles. The summed E-state index contributed by atoms with van der Waals surface area (Å²) in [5.74, 6) is 1.10. The third kappa shape index (κ3) is 2.77. The van der Waals surface area contributed by atoms with Gasteiger partial charge in [-0.15, -0.1) is 0 Å². The smallest absolute Gasteiger partial charge is 0.211 e. The number of carbonyl (C=O) groups excluding carboxylic acids is 1. The van der Waals surface area contributed by atoms with Crippen LogP contribution in [-0.2, 0) is 4.79 Å². The van der Waals surface area contributed by atoms with Crippen LogP contribution in [0.15, 0.2) is 48.5 Å². The number of amides is 1. The quantitative estimate of drug-likeness (QED) is 0.837. The summed E-state index contributed by atoms with van der Waals surface area (Å²) in [5, 5.41) is 3.09. The summed E-state index contributed by atoms with van der Waals surface area (Å²) in [4.78, 5) is 10.5. The van der Waals surface area contributed by atoms with Gasteiger partial charge in [-0.05, 0) is 24.3 Å². The summed E-state index contributed by atoms with van der Waals surface area (Å²) in [6, 6.07) is 14.3. The van der Waals surface area contributed by atoms with Crippen LogP contribution in [0.3, 0.4) is 0 Å². The van der Waals surface area contributed by atoms with Crippen molar-refractivity contribution in [2.24, 2.45) is 0 Å². The second-order valence-corrected chi connectivity index (χ2v) is 3.70. The third-order valence-electron chi connectivity index (χ3n) is 2.16. The predicted molar refractivity (Wildman–Crippen MR) is 67.7 cm³/mol. The van der Waals surface area contributed by atoms with Crippen molar-refractivity contribution in [1.29, 1.82) is 0 Å². The van der Waals surface area contributed by atoms with Crippen molar-refractivity contribution >= 4 is 23.7 Å². The number of anilines is 1. The van der Waals surface area contributed by atoms with Crippen LogP contribution in [0.2, 0.25) is 5.02 Å². The summed E-state index contributed by atoms with van der Waals surface area (Å²) >= 11 is 5.99. The molecule has 0 unspecified atom stereocenters. The van der Waals surface area contributed by atoms with E-state index in [4.69, 9.17) is 16.3 Å². The maximum Gasteiger partial charge on any atom is 0.211 e. The molecule has 0 fully saturated rings. The Balaban J connectivity index is 2.30. The number of hydrogen-bond donors (Lipinski definition) is 1. The van der Waals surface area contributed by atoms with Gasteiger partial charge in [0.1, 0.15) is 5.75 Å². The number of nitrogens with one attached hydrogen (secondary N) is 1. The average molecular weight is 248 g/mol. The number of rotatable bonds is 4. The minimum Gasteiger partial charge on any atom is -0.454 e. The van der Waals surface area contributed by atoms with Gasteiger partial charge in [-0.1, -0.05) is 35.9 Å². The molecule has 0 aliphatic carbocycles. The Morgan fingerprint density at radius 3 is 2.35 bits per heavy atom. The van der Waals surface area contributed by atoms with Crippen LogP contribution < -0.4 is 10.1 Å². The molecule has 2 rings (SSSR count). The number of hydrogen-bond acceptors (Lipinski definition) is 2. The van der Waals surface area contributed by atoms with Gasteiger partial charge in [0, 0.05) is 0 Å². The fourth-order valence-corrected chi connectivity index (χ4v) is 1.56. The van der Waals surface area contributed by atoms with Crippen molar-refractivity contribution < 1.29 is 9.53 Å². The largest absolute Gasteiger partial charge is 0.454 e. The van der Waals surface area contributed by atoms with Crippen molar-refractivity contribution in [1.82, 2.24) is 0 Å². The maximum absolute atomic E-state index is 10.5. The zero-order chi connectivity index (χ0) is 12.1. The lowest BCUT2D eigenvalue weighted by Crippen LogP contribution is -1.96. The van der Waals surface area contributed by atoms with Gasteiger partial charge in [-0.2, -0.15) is 0 Å². The zero-order valence-corrected chi connectivity index (χ0v) is 9.65. The van der Waals surface area contributed by atoms with Gasteiger partial charge >= 0.3 is 0 Å². The molecule has 3 nitrogen and oxygen atoms in total. The Morgan fingerprint density at radius 1 is 1.00 bits per heavy atom. The first kappa shape index (κ1) is 11.5. The predicted octanol–water partition coefficient (Wildman–Crippen LogP) is 3.70. The van der Waals surface area contributed by atoms with E-state index >= 15 is 0 Å². The number of benzene rings is 2. The van der Waals surface area contributed by atoms with E-state index in [-0.39, 0.29) is 0 Å². The number of para-hydroxylation sites is 3. The molecule has 86 valence electrons. The Morgan fingerprint density at radius 2 is 1.65 bits per heavy atom. The summed E-state index contributed by atoms with van der Waals surface area (Å²) in [6.07, 6.45) is 0.606. The van der Waals surface area contributed by atoms with Gasteiger partial charge in [0.2, 0.25) is 6.41 Å². The second-order valence-electron chi connectivity index (χ2n) is 3.29. The first-order chi connectivity index (χ1) is 8.31. The highest BCUT2D eigenvalue weighted by Gasteiger charge is 2.05. The van der Waals surface area contributed by atoms with Crippen molar-refractivity contribution in [3.8, 4) is 11.5 Å². The van der Waals surface area contributed by atoms with Gasteiger partial charge in [-0.3, -0.25) is 4.79 Å². The molecule has 0 saturated heterocycles. The van der Waals surface area contributed by atoms with E-state index < -0.39 is 0 Å². The lowest BCUT2D eigenvalue weighted by molar-refractivity contribution is -0.105. The summed E-state index contributed by atoms with van der Waals surface area (Å²) in [7, 11) is 0. The first-order valence-corrected chi connectivity index (χ1v) is 5.40. The lowest BCUT2D eigenvalue weighted by Gasteiger charge is -2.10. The zero-order valence-electron chi connectivity index (χ0n) is 8.89. The maximum atomic E-state index is 10.5. The molecule has 2 aromatic rings. The Kier molecular flexibility index (Phi) is 3.62. The van der Waals surface area contributed by atoms with Crippen LogP contribution >= 0.6 is 11.6 Å². The van der Waals surface area contributed by atoms with Gasteiger partial charge in [-0.25, -0.2) is 0 Å². The van der Waals surface area contributed by atoms with E-state index in [9.17, 15) is 4.79 Å². The van der Waals surface area contributed by atoms with Gasteiger partial charge in [0.05, 0.1) is 10.7 Å². The first-order valence-electron chi connectivity index (χ1n) is 5.03. The average Bonchev–Trinajstić information content (AvgIpc) is 2.35. The minimum absolute atomic E-state index is 0.522. The van der Waals surface area contributed by atoms with E-state index in [0.29, 0.717) is 28.6 Å². The molecule has 1 N–H and O–H groups in total. The van der Waals surface area contributed by atoms with E-state index in [1.165, 1.54) is 0 Å². The molecule has 1 amide bonds. The normalized spacial score (nSPS) is 9.71. The molecular weight excluding hydrogens is 238 g/mol. The van der Waals surface area contributed by atoms with E-state index in [2.05, 4.69) is 5.32 Å². The molecule has 0 aliphatic rings. The van der Waals surface area contributed by atoms with E-state index in [1.54, 1.807) is 24.3 Å². The van der Waals surface area contributed by atoms with Crippen LogP contribution in [0.5, 0.6) is 11.5 Å². The highest BCUT2D eigenvalue weighted by Crippen LogP contribution is 2.32. The van der Waals surface area contributed by atoms with E-state index in [1.807, 2.05) is 24.3 Å². The summed E-state index contributed by atoms with van der Waals surface area (Å²) in [6.45, 7) is 0. The topological polar surface area (TPSA) is 38.3 Å². The molecule has 17 heavy (non-hydrogen) atoms. The van der Waals surface area contributed by atoms with Crippen LogP contribution in [0.4, 0.5) is 5.69 Å². The van der Waals surface area contributed by atoms with Crippen molar-refractivity contribution in [3.05, 3.63) is 53.6 Å². The van der Waals surface area contributed by atoms with Gasteiger partial charge < -0.3 is 10.1 Å². The molecule has 0 aromatic heterocycles. The van der Waals surface area contributed by atoms with Crippen molar-refractivity contribution in [2.75, 3.05) is 5.32 Å². The van der Waals surface area contributed by atoms with Gasteiger partial charge in [0.15, 0.2) is 5.75 Å². The second kappa shape index (κ2) is 5.37. The summed E-state index contributed by atoms with van der Waals surface area (Å²) in [5.41, 5.74) is 0.599. The van der Waals surface area contributed by atoms with Crippen LogP contribution in [-0.4, -0.2) is 6.41 Å². The SMILES string of the molecule is O=CNc1ccccc1Oc1ccccc1Cl. The van der Waals surface area contributed by atoms with Crippen LogP contribution in [0.25, 0.3) is 0 Å². The van der Waals surface area contributed by atoms with Crippen LogP contribution in [0.1, 0.15) is 0 Å². The standard InChI is InChI=1S/C13H10ClNO2/c14-10-5-1-3-7-12(10)17-13-8-4-2-6-11(13)15-9-16/h1-9H,(H,15,16). The Bertz CT molecular complexity index is 528. The Hall–Kier alpha value is -2.00. The molecule has 0 heterocycles. The molecule has 0 radical (unpaired) electrons. The highest BCUT2D eigenvalue weighted by atomic mass is 35.5. The molecule has 2 aromatic carbocycles. The number of ether oxygens (including phenoxy) is 1. The molecule has 0 spiro atoms. The monoisotopic (exact) mass is 247 g/mol. The van der Waals surface area contributed by atoms with Crippen LogP contribution in [0, 0.1) is 0 Å². The van der Waals surface area contributed by atoms with Gasteiger partial charge in [0.25, 0.3) is 0 Å². The van der Waals surface area contributed by atoms with Crippen molar-refractivity contribution in [3.63, 3.8) is 0 Å². The van der Waals surface area contributed by atoms with Crippen molar-refractivity contribution in [2.45, 2.75) is 0 Å². The molecule has 0 aliphatic heterocycles.